The Balaban J connectivity index is 1.53. The number of aryl methyl sites for hydroxylation is 1. The molecule has 25 heavy (non-hydrogen) atoms. The minimum atomic E-state index is -0.811. The summed E-state index contributed by atoms with van der Waals surface area (Å²) in [5.74, 6) is -0.313. The van der Waals surface area contributed by atoms with Crippen LogP contribution in [0.15, 0.2) is 73.1 Å². The van der Waals surface area contributed by atoms with Crippen molar-refractivity contribution >= 4 is 11.6 Å². The highest BCUT2D eigenvalue weighted by Crippen LogP contribution is 2.20. The second kappa shape index (κ2) is 8.24. The summed E-state index contributed by atoms with van der Waals surface area (Å²) >= 11 is 5.91. The van der Waals surface area contributed by atoms with Gasteiger partial charge in [-0.15, -0.1) is 6.10 Å². The third-order valence-corrected chi connectivity index (χ3v) is 4.45. The van der Waals surface area contributed by atoms with Crippen LogP contribution in [0.2, 0.25) is 5.02 Å². The first-order valence-corrected chi connectivity index (χ1v) is 8.66. The van der Waals surface area contributed by atoms with Crippen molar-refractivity contribution in [2.24, 2.45) is 0 Å². The molecule has 0 aliphatic carbocycles. The largest absolute Gasteiger partial charge is 0.849 e. The predicted octanol–water partition coefficient (Wildman–Crippen LogP) is 4.32. The number of benzene rings is 2. The molecule has 0 amide bonds. The minimum Gasteiger partial charge on any atom is -0.849 e. The van der Waals surface area contributed by atoms with E-state index in [-0.39, 0.29) is 5.82 Å². The SMILES string of the molecule is [O-]C(CCC[n+]1ccc(-c2ccc(Cl)cc2)cc1)c1ccc(F)cc1. The summed E-state index contributed by atoms with van der Waals surface area (Å²) in [6.07, 6.45) is 4.52. The van der Waals surface area contributed by atoms with Crippen LogP contribution in [-0.4, -0.2) is 0 Å². The Morgan fingerprint density at radius 2 is 1.48 bits per heavy atom. The fraction of sp³-hybridized carbons (Fsp3) is 0.190. The van der Waals surface area contributed by atoms with Gasteiger partial charge >= 0.3 is 0 Å². The van der Waals surface area contributed by atoms with Gasteiger partial charge in [0.2, 0.25) is 0 Å². The van der Waals surface area contributed by atoms with Gasteiger partial charge in [-0.2, -0.15) is 0 Å². The second-order valence-corrected chi connectivity index (χ2v) is 6.45. The van der Waals surface area contributed by atoms with Gasteiger partial charge in [-0.05, 0) is 35.4 Å². The highest BCUT2D eigenvalue weighted by atomic mass is 35.5. The molecular weight excluding hydrogens is 337 g/mol. The van der Waals surface area contributed by atoms with E-state index in [1.54, 1.807) is 12.1 Å². The zero-order chi connectivity index (χ0) is 17.6. The lowest BCUT2D eigenvalue weighted by Gasteiger charge is -2.21. The van der Waals surface area contributed by atoms with Gasteiger partial charge in [-0.1, -0.05) is 47.9 Å². The standard InChI is InChI=1S/C21H19ClFNO/c22-19-7-3-16(4-8-19)17-11-14-24(15-12-17)13-1-2-21(25)18-5-9-20(23)10-6-18/h3-12,14-15,21H,1-2,13H2. The molecule has 128 valence electrons. The van der Waals surface area contributed by atoms with Crippen LogP contribution >= 0.6 is 11.6 Å². The smallest absolute Gasteiger partial charge is 0.169 e. The van der Waals surface area contributed by atoms with Crippen molar-refractivity contribution in [2.45, 2.75) is 25.5 Å². The van der Waals surface area contributed by atoms with E-state index in [0.29, 0.717) is 12.0 Å². The molecule has 0 saturated heterocycles. The van der Waals surface area contributed by atoms with Gasteiger partial charge in [0.15, 0.2) is 12.4 Å². The van der Waals surface area contributed by atoms with Crippen LogP contribution in [0.1, 0.15) is 24.5 Å². The van der Waals surface area contributed by atoms with Crippen molar-refractivity contribution < 1.29 is 14.1 Å². The molecule has 0 spiro atoms. The van der Waals surface area contributed by atoms with Crippen LogP contribution in [0.3, 0.4) is 0 Å². The van der Waals surface area contributed by atoms with Gasteiger partial charge in [0, 0.05) is 23.6 Å². The number of hydrogen-bond acceptors (Lipinski definition) is 1. The molecule has 0 aliphatic heterocycles. The van der Waals surface area contributed by atoms with E-state index in [1.807, 2.05) is 36.7 Å². The van der Waals surface area contributed by atoms with E-state index in [0.717, 1.165) is 29.1 Å². The van der Waals surface area contributed by atoms with Crippen LogP contribution in [0.25, 0.3) is 11.1 Å². The molecule has 0 saturated carbocycles. The summed E-state index contributed by atoms with van der Waals surface area (Å²) in [7, 11) is 0. The summed E-state index contributed by atoms with van der Waals surface area (Å²) in [6.45, 7) is 0.779. The Kier molecular flexibility index (Phi) is 5.79. The van der Waals surface area contributed by atoms with Crippen molar-refractivity contribution in [3.05, 3.63) is 89.5 Å². The summed E-state index contributed by atoms with van der Waals surface area (Å²) in [4.78, 5) is 0. The number of aromatic nitrogens is 1. The Bertz CT molecular complexity index is 801. The lowest BCUT2D eigenvalue weighted by Crippen LogP contribution is -2.33. The fourth-order valence-electron chi connectivity index (χ4n) is 2.74. The Labute approximate surface area is 152 Å². The van der Waals surface area contributed by atoms with Crippen LogP contribution < -0.4 is 9.67 Å². The fourth-order valence-corrected chi connectivity index (χ4v) is 2.87. The third kappa shape index (κ3) is 4.88. The van der Waals surface area contributed by atoms with Crippen molar-refractivity contribution in [2.75, 3.05) is 0 Å². The first kappa shape index (κ1) is 17.6. The number of halogens is 2. The molecule has 3 rings (SSSR count). The summed E-state index contributed by atoms with van der Waals surface area (Å²) < 4.78 is 15.0. The topological polar surface area (TPSA) is 26.9 Å². The molecule has 3 aromatic rings. The number of hydrogen-bond donors (Lipinski definition) is 0. The third-order valence-electron chi connectivity index (χ3n) is 4.19. The first-order valence-electron chi connectivity index (χ1n) is 8.28. The zero-order valence-electron chi connectivity index (χ0n) is 13.7. The first-order chi connectivity index (χ1) is 12.1. The van der Waals surface area contributed by atoms with Gasteiger partial charge < -0.3 is 5.11 Å². The zero-order valence-corrected chi connectivity index (χ0v) is 14.5. The second-order valence-electron chi connectivity index (χ2n) is 6.01. The van der Waals surface area contributed by atoms with E-state index in [4.69, 9.17) is 11.6 Å². The summed E-state index contributed by atoms with van der Waals surface area (Å²) in [5, 5.41) is 12.9. The molecule has 0 aliphatic rings. The monoisotopic (exact) mass is 355 g/mol. The molecule has 1 unspecified atom stereocenters. The van der Waals surface area contributed by atoms with Gasteiger partial charge in [0.05, 0.1) is 0 Å². The molecule has 0 bridgehead atoms. The van der Waals surface area contributed by atoms with Gasteiger partial charge in [0.25, 0.3) is 0 Å². The predicted molar refractivity (Wildman–Crippen MR) is 95.5 cm³/mol. The molecule has 0 radical (unpaired) electrons. The van der Waals surface area contributed by atoms with E-state index >= 15 is 0 Å². The molecule has 1 aromatic heterocycles. The van der Waals surface area contributed by atoms with E-state index in [9.17, 15) is 9.50 Å². The average molecular weight is 356 g/mol. The molecule has 0 N–H and O–H groups in total. The highest BCUT2D eigenvalue weighted by Gasteiger charge is 2.05. The highest BCUT2D eigenvalue weighted by molar-refractivity contribution is 6.30. The van der Waals surface area contributed by atoms with Crippen molar-refractivity contribution in [3.63, 3.8) is 0 Å². The lowest BCUT2D eigenvalue weighted by molar-refractivity contribution is -0.697. The maximum atomic E-state index is 12.9. The van der Waals surface area contributed by atoms with Gasteiger partial charge in [-0.25, -0.2) is 8.96 Å². The van der Waals surface area contributed by atoms with Gasteiger partial charge in [0.1, 0.15) is 12.4 Å². The number of nitrogens with zero attached hydrogens (tertiary/aromatic N) is 1. The molecule has 1 heterocycles. The van der Waals surface area contributed by atoms with E-state index < -0.39 is 6.10 Å². The van der Waals surface area contributed by atoms with E-state index in [1.165, 1.54) is 12.1 Å². The molecule has 2 aromatic carbocycles. The van der Waals surface area contributed by atoms with E-state index in [2.05, 4.69) is 16.7 Å². The lowest BCUT2D eigenvalue weighted by atomic mass is 10.0. The molecule has 1 atom stereocenters. The Morgan fingerprint density at radius 1 is 0.880 bits per heavy atom. The maximum absolute atomic E-state index is 12.9. The molecule has 0 fully saturated rings. The summed E-state index contributed by atoms with van der Waals surface area (Å²) in [6, 6.07) is 17.7. The van der Waals surface area contributed by atoms with Gasteiger partial charge in [-0.3, -0.25) is 0 Å². The average Bonchev–Trinajstić information content (AvgIpc) is 2.63. The summed E-state index contributed by atoms with van der Waals surface area (Å²) in [5.41, 5.74) is 2.89. The van der Waals surface area contributed by atoms with Crippen LogP contribution in [0.4, 0.5) is 4.39 Å². The number of pyridine rings is 1. The van der Waals surface area contributed by atoms with Crippen LogP contribution in [0, 0.1) is 5.82 Å². The normalized spacial score (nSPS) is 12.1. The quantitative estimate of drug-likeness (QED) is 0.605. The maximum Gasteiger partial charge on any atom is 0.169 e. The molecule has 2 nitrogen and oxygen atoms in total. The van der Waals surface area contributed by atoms with Crippen LogP contribution in [0.5, 0.6) is 0 Å². The molecular formula is C21H19ClFNO. The Hall–Kier alpha value is -2.23. The Morgan fingerprint density at radius 3 is 2.12 bits per heavy atom. The van der Waals surface area contributed by atoms with Crippen molar-refractivity contribution in [1.29, 1.82) is 0 Å². The minimum absolute atomic E-state index is 0.313. The number of rotatable bonds is 6. The van der Waals surface area contributed by atoms with Crippen LogP contribution in [-0.2, 0) is 6.54 Å². The van der Waals surface area contributed by atoms with Crippen molar-refractivity contribution in [3.8, 4) is 11.1 Å². The molecule has 4 heteroatoms. The van der Waals surface area contributed by atoms with Crippen molar-refractivity contribution in [1.82, 2.24) is 0 Å².